The van der Waals surface area contributed by atoms with E-state index in [0.29, 0.717) is 0 Å². The molecule has 0 N–H and O–H groups in total. The minimum Gasteiger partial charge on any atom is -0.464 e. The average Bonchev–Trinajstić information content (AvgIpc) is 3.87. The van der Waals surface area contributed by atoms with E-state index in [1.165, 1.54) is 43.3 Å². The molecule has 0 radical (unpaired) electrons. The Bertz CT molecular complexity index is 1870. The maximum absolute atomic E-state index is 6.10. The maximum Gasteiger partial charge on any atom is 0.137 e. The van der Waals surface area contributed by atoms with Gasteiger partial charge in [-0.3, -0.25) is 0 Å². The number of fused-ring (bicyclic) bond motifs is 2. The topological polar surface area (TPSA) is 52.6 Å². The molecule has 4 heterocycles. The van der Waals surface area contributed by atoms with E-state index in [9.17, 15) is 0 Å². The molecule has 202 valence electrons. The molecule has 4 aromatic heterocycles. The van der Waals surface area contributed by atoms with E-state index in [1.807, 2.05) is 24.3 Å². The molecule has 8 aromatic rings. The number of hydrogen-bond acceptors (Lipinski definition) is 4. The third-order valence-electron chi connectivity index (χ3n) is 7.45. The van der Waals surface area contributed by atoms with E-state index in [2.05, 4.69) is 97.1 Å². The molecule has 0 fully saturated rings. The highest BCUT2D eigenvalue weighted by atomic mass is 31.1. The van der Waals surface area contributed by atoms with Crippen molar-refractivity contribution in [3.05, 3.63) is 146 Å². The Morgan fingerprint density at radius 2 is 0.690 bits per heavy atom. The molecule has 0 saturated carbocycles. The lowest BCUT2D eigenvalue weighted by atomic mass is 9.93. The molecular weight excluding hydrogens is 558 g/mol. The minimum absolute atomic E-state index is 0.887. The summed E-state index contributed by atoms with van der Waals surface area (Å²) in [5.41, 5.74) is 5.89. The fraction of sp³-hybridized carbons (Fsp3) is 0. The van der Waals surface area contributed by atoms with Crippen LogP contribution in [-0.4, -0.2) is 0 Å². The van der Waals surface area contributed by atoms with Crippen LogP contribution in [0.2, 0.25) is 0 Å². The van der Waals surface area contributed by atoms with Crippen molar-refractivity contribution in [2.75, 3.05) is 0 Å². The molecule has 0 aliphatic carbocycles. The van der Waals surface area contributed by atoms with E-state index >= 15 is 0 Å². The number of benzene rings is 4. The van der Waals surface area contributed by atoms with Gasteiger partial charge in [0.05, 0.1) is 40.9 Å². The highest BCUT2D eigenvalue weighted by Crippen LogP contribution is 2.45. The first kappa shape index (κ1) is 25.1. The molecule has 6 heteroatoms. The van der Waals surface area contributed by atoms with Crippen molar-refractivity contribution in [2.45, 2.75) is 0 Å². The molecule has 42 heavy (non-hydrogen) atoms. The molecule has 0 spiro atoms. The smallest absolute Gasteiger partial charge is 0.137 e. The van der Waals surface area contributed by atoms with Crippen LogP contribution in [0.5, 0.6) is 0 Å². The molecular formula is C36H24O4P2. The molecule has 0 atom stereocenters. The van der Waals surface area contributed by atoms with Gasteiger partial charge in [0.1, 0.15) is 22.0 Å². The molecule has 0 unspecified atom stereocenters. The maximum atomic E-state index is 6.10. The van der Waals surface area contributed by atoms with Gasteiger partial charge in [0.25, 0.3) is 0 Å². The van der Waals surface area contributed by atoms with E-state index in [1.54, 1.807) is 25.1 Å². The predicted octanol–water partition coefficient (Wildman–Crippen LogP) is 7.55. The van der Waals surface area contributed by atoms with Crippen molar-refractivity contribution in [3.63, 3.8) is 0 Å². The van der Waals surface area contributed by atoms with Gasteiger partial charge in [0.2, 0.25) is 0 Å². The second-order valence-corrected chi connectivity index (χ2v) is 13.9. The molecule has 0 aliphatic rings. The van der Waals surface area contributed by atoms with Gasteiger partial charge in [-0.15, -0.1) is 0 Å². The lowest BCUT2D eigenvalue weighted by Crippen LogP contribution is -2.25. The second kappa shape index (κ2) is 10.7. The quantitative estimate of drug-likeness (QED) is 0.182. The highest BCUT2D eigenvalue weighted by molar-refractivity contribution is 7.80. The summed E-state index contributed by atoms with van der Waals surface area (Å²) in [5.74, 6) is 0. The first-order valence-corrected chi connectivity index (χ1v) is 16.3. The fourth-order valence-corrected chi connectivity index (χ4v) is 10.0. The van der Waals surface area contributed by atoms with Crippen molar-refractivity contribution in [2.24, 2.45) is 0 Å². The van der Waals surface area contributed by atoms with Gasteiger partial charge in [-0.05, 0) is 91.8 Å². The Morgan fingerprint density at radius 1 is 0.333 bits per heavy atom. The summed E-state index contributed by atoms with van der Waals surface area (Å²) < 4.78 is 24.4. The van der Waals surface area contributed by atoms with Gasteiger partial charge in [-0.25, -0.2) is 0 Å². The summed E-state index contributed by atoms with van der Waals surface area (Å²) in [5, 5.41) is 7.02. The Kier molecular flexibility index (Phi) is 6.37. The zero-order valence-corrected chi connectivity index (χ0v) is 24.2. The zero-order chi connectivity index (χ0) is 27.9. The van der Waals surface area contributed by atoms with Gasteiger partial charge in [-0.1, -0.05) is 72.8 Å². The molecule has 4 aromatic carbocycles. The molecule has 0 aliphatic heterocycles. The van der Waals surface area contributed by atoms with Gasteiger partial charge in [-0.2, -0.15) is 0 Å². The minimum atomic E-state index is -1.14. The highest BCUT2D eigenvalue weighted by Gasteiger charge is 2.31. The van der Waals surface area contributed by atoms with Crippen molar-refractivity contribution >= 4 is 70.0 Å². The third kappa shape index (κ3) is 4.23. The van der Waals surface area contributed by atoms with E-state index in [0.717, 1.165) is 22.0 Å². The Balaban J connectivity index is 1.53. The predicted molar refractivity (Wildman–Crippen MR) is 173 cm³/mol. The van der Waals surface area contributed by atoms with E-state index in [4.69, 9.17) is 17.7 Å². The summed E-state index contributed by atoms with van der Waals surface area (Å²) in [6.45, 7) is 0. The molecule has 8 rings (SSSR count). The van der Waals surface area contributed by atoms with Crippen LogP contribution < -0.4 is 32.6 Å². The summed E-state index contributed by atoms with van der Waals surface area (Å²) in [4.78, 5) is 0. The van der Waals surface area contributed by atoms with E-state index < -0.39 is 15.8 Å². The fourth-order valence-electron chi connectivity index (χ4n) is 5.70. The largest absolute Gasteiger partial charge is 0.464 e. The first-order valence-electron chi connectivity index (χ1n) is 13.6. The monoisotopic (exact) mass is 582 g/mol. The van der Waals surface area contributed by atoms with Crippen LogP contribution >= 0.6 is 15.8 Å². The van der Waals surface area contributed by atoms with Crippen LogP contribution in [0, 0.1) is 0 Å². The number of furan rings is 4. The van der Waals surface area contributed by atoms with E-state index in [-0.39, 0.29) is 0 Å². The summed E-state index contributed by atoms with van der Waals surface area (Å²) >= 11 is 0. The van der Waals surface area contributed by atoms with Crippen LogP contribution in [-0.2, 0) is 0 Å². The van der Waals surface area contributed by atoms with Crippen LogP contribution in [0.1, 0.15) is 0 Å². The molecule has 4 nitrogen and oxygen atoms in total. The van der Waals surface area contributed by atoms with Crippen LogP contribution in [0.3, 0.4) is 0 Å². The summed E-state index contributed by atoms with van der Waals surface area (Å²) in [7, 11) is -2.28. The Hall–Kier alpha value is -4.62. The van der Waals surface area contributed by atoms with Crippen molar-refractivity contribution in [3.8, 4) is 11.1 Å². The molecule has 0 amide bonds. The third-order valence-corrected chi connectivity index (χ3v) is 11.9. The lowest BCUT2D eigenvalue weighted by Gasteiger charge is -2.25. The van der Waals surface area contributed by atoms with Crippen molar-refractivity contribution in [1.82, 2.24) is 0 Å². The van der Waals surface area contributed by atoms with Gasteiger partial charge >= 0.3 is 0 Å². The van der Waals surface area contributed by atoms with Crippen molar-refractivity contribution in [1.29, 1.82) is 0 Å². The lowest BCUT2D eigenvalue weighted by molar-refractivity contribution is 0.593. The SMILES string of the molecule is c1coc(P(c2ccco2)c2ccc3ccccc3c2-c2c(P(c3ccco3)c3ccco3)ccc3ccccc23)c1. The second-order valence-electron chi connectivity index (χ2n) is 9.84. The Morgan fingerprint density at radius 3 is 1.02 bits per heavy atom. The summed E-state index contributed by atoms with van der Waals surface area (Å²) in [6.07, 6.45) is 6.96. The van der Waals surface area contributed by atoms with Crippen LogP contribution in [0.4, 0.5) is 0 Å². The molecule has 0 bridgehead atoms. The van der Waals surface area contributed by atoms with Crippen LogP contribution in [0.15, 0.2) is 164 Å². The van der Waals surface area contributed by atoms with Crippen LogP contribution in [0.25, 0.3) is 32.7 Å². The van der Waals surface area contributed by atoms with Crippen molar-refractivity contribution < 1.29 is 17.7 Å². The number of hydrogen-bond donors (Lipinski definition) is 0. The Labute approximate surface area is 244 Å². The normalized spacial score (nSPS) is 11.8. The van der Waals surface area contributed by atoms with Gasteiger partial charge in [0.15, 0.2) is 0 Å². The zero-order valence-electron chi connectivity index (χ0n) is 22.4. The summed E-state index contributed by atoms with van der Waals surface area (Å²) in [6, 6.07) is 42.1. The van der Waals surface area contributed by atoms with Gasteiger partial charge in [0, 0.05) is 0 Å². The molecule has 0 saturated heterocycles. The first-order chi connectivity index (χ1) is 20.9. The standard InChI is InChI=1S/C36H24O4P2/c1-3-11-27-25(9-1)17-19-29(41(31-13-5-21-37-31)32-14-6-22-38-32)35(27)36-28-12-4-2-10-26(28)18-20-30(36)42(33-15-7-23-39-33)34-16-8-24-40-34/h1-24H. The average molecular weight is 583 g/mol. The number of rotatable bonds is 7. The van der Waals surface area contributed by atoms with Gasteiger partial charge < -0.3 is 17.7 Å².